The number of benzene rings is 2. The number of carbonyl (C=O) groups excluding carboxylic acids is 1. The Bertz CT molecular complexity index is 599. The minimum Gasteiger partial charge on any atom is -0.494 e. The highest BCUT2D eigenvalue weighted by atomic mass is 35.5. The number of amides is 1. The minimum atomic E-state index is 0.00818. The van der Waals surface area contributed by atoms with Gasteiger partial charge in [0.15, 0.2) is 0 Å². The molecule has 116 valence electrons. The molecule has 0 unspecified atom stereocenters. The molecule has 0 saturated carbocycles. The molecule has 22 heavy (non-hydrogen) atoms. The van der Waals surface area contributed by atoms with Crippen LogP contribution in [0.25, 0.3) is 0 Å². The van der Waals surface area contributed by atoms with E-state index >= 15 is 0 Å². The predicted octanol–water partition coefficient (Wildman–Crippen LogP) is 4.15. The van der Waals surface area contributed by atoms with E-state index in [9.17, 15) is 4.79 Å². The molecule has 0 aliphatic carbocycles. The first-order valence-corrected chi connectivity index (χ1v) is 8.40. The Morgan fingerprint density at radius 1 is 1.14 bits per heavy atom. The Labute approximate surface area is 140 Å². The predicted molar refractivity (Wildman–Crippen MR) is 91.6 cm³/mol. The topological polar surface area (TPSA) is 38.3 Å². The van der Waals surface area contributed by atoms with E-state index in [0.29, 0.717) is 23.9 Å². The zero-order chi connectivity index (χ0) is 15.8. The van der Waals surface area contributed by atoms with Gasteiger partial charge >= 0.3 is 0 Å². The quantitative estimate of drug-likeness (QED) is 0.772. The summed E-state index contributed by atoms with van der Waals surface area (Å²) in [5, 5.41) is 3.60. The minimum absolute atomic E-state index is 0.00818. The molecule has 0 saturated heterocycles. The first-order chi connectivity index (χ1) is 10.7. The standard InChI is InChI=1S/C17H18ClNO2S/c1-2-21-15-7-3-13(4-8-15)11-19-17(20)12-22-16-9-5-14(18)6-10-16/h3-10H,2,11-12H2,1H3,(H,19,20). The van der Waals surface area contributed by atoms with Gasteiger partial charge in [-0.15, -0.1) is 11.8 Å². The highest BCUT2D eigenvalue weighted by Gasteiger charge is 2.03. The number of carbonyl (C=O) groups is 1. The van der Waals surface area contributed by atoms with Gasteiger partial charge in [-0.25, -0.2) is 0 Å². The second-order valence-corrected chi connectivity index (χ2v) is 6.08. The fraction of sp³-hybridized carbons (Fsp3) is 0.235. The van der Waals surface area contributed by atoms with Crippen molar-refractivity contribution in [2.45, 2.75) is 18.4 Å². The summed E-state index contributed by atoms with van der Waals surface area (Å²) in [6, 6.07) is 15.2. The second-order valence-electron chi connectivity index (χ2n) is 4.60. The Balaban J connectivity index is 1.74. The Kier molecular flexibility index (Phi) is 6.62. The van der Waals surface area contributed by atoms with Crippen molar-refractivity contribution < 1.29 is 9.53 Å². The summed E-state index contributed by atoms with van der Waals surface area (Å²) in [6.07, 6.45) is 0. The third-order valence-corrected chi connectivity index (χ3v) is 4.17. The van der Waals surface area contributed by atoms with Crippen molar-refractivity contribution in [3.05, 3.63) is 59.1 Å². The Hall–Kier alpha value is -1.65. The molecule has 1 N–H and O–H groups in total. The van der Waals surface area contributed by atoms with Crippen LogP contribution in [0.15, 0.2) is 53.4 Å². The number of rotatable bonds is 7. The third-order valence-electron chi connectivity index (χ3n) is 2.91. The van der Waals surface area contributed by atoms with Crippen molar-refractivity contribution >= 4 is 29.3 Å². The molecule has 1 amide bonds. The average Bonchev–Trinajstić information content (AvgIpc) is 2.54. The summed E-state index contributed by atoms with van der Waals surface area (Å²) >= 11 is 7.32. The molecule has 5 heteroatoms. The largest absolute Gasteiger partial charge is 0.494 e. The Morgan fingerprint density at radius 3 is 2.45 bits per heavy atom. The maximum Gasteiger partial charge on any atom is 0.230 e. The van der Waals surface area contributed by atoms with E-state index in [-0.39, 0.29) is 5.91 Å². The zero-order valence-corrected chi connectivity index (χ0v) is 13.9. The molecule has 0 spiro atoms. The molecule has 3 nitrogen and oxygen atoms in total. The fourth-order valence-corrected chi connectivity index (χ4v) is 2.66. The van der Waals surface area contributed by atoms with Crippen LogP contribution in [0.4, 0.5) is 0 Å². The lowest BCUT2D eigenvalue weighted by atomic mass is 10.2. The van der Waals surface area contributed by atoms with Gasteiger partial charge in [-0.3, -0.25) is 4.79 Å². The molecule has 0 fully saturated rings. The molecule has 0 atom stereocenters. The highest BCUT2D eigenvalue weighted by molar-refractivity contribution is 8.00. The number of nitrogens with one attached hydrogen (secondary N) is 1. The summed E-state index contributed by atoms with van der Waals surface area (Å²) in [6.45, 7) is 3.12. The van der Waals surface area contributed by atoms with Gasteiger partial charge in [0.05, 0.1) is 12.4 Å². The van der Waals surface area contributed by atoms with Crippen molar-refractivity contribution in [2.24, 2.45) is 0 Å². The number of ether oxygens (including phenoxy) is 1. The van der Waals surface area contributed by atoms with Crippen LogP contribution < -0.4 is 10.1 Å². The van der Waals surface area contributed by atoms with Crippen LogP contribution in [0.2, 0.25) is 5.02 Å². The summed E-state index contributed by atoms with van der Waals surface area (Å²) in [4.78, 5) is 12.9. The van der Waals surface area contributed by atoms with Crippen molar-refractivity contribution in [2.75, 3.05) is 12.4 Å². The van der Waals surface area contributed by atoms with Crippen LogP contribution in [0, 0.1) is 0 Å². The van der Waals surface area contributed by atoms with Crippen molar-refractivity contribution in [3.8, 4) is 5.75 Å². The fourth-order valence-electron chi connectivity index (χ4n) is 1.80. The first-order valence-electron chi connectivity index (χ1n) is 7.04. The van der Waals surface area contributed by atoms with Gasteiger partial charge in [-0.05, 0) is 48.9 Å². The van der Waals surface area contributed by atoms with Gasteiger partial charge < -0.3 is 10.1 Å². The van der Waals surface area contributed by atoms with Gasteiger partial charge in [-0.2, -0.15) is 0 Å². The SMILES string of the molecule is CCOc1ccc(CNC(=O)CSc2ccc(Cl)cc2)cc1. The van der Waals surface area contributed by atoms with Gasteiger partial charge in [0.25, 0.3) is 0 Å². The lowest BCUT2D eigenvalue weighted by molar-refractivity contribution is -0.118. The molecule has 0 radical (unpaired) electrons. The molecular weight excluding hydrogens is 318 g/mol. The van der Waals surface area contributed by atoms with E-state index in [1.165, 1.54) is 11.8 Å². The van der Waals surface area contributed by atoms with Crippen LogP contribution >= 0.6 is 23.4 Å². The van der Waals surface area contributed by atoms with Crippen LogP contribution in [-0.4, -0.2) is 18.3 Å². The normalized spacial score (nSPS) is 10.3. The van der Waals surface area contributed by atoms with Crippen LogP contribution in [0.1, 0.15) is 12.5 Å². The maximum atomic E-state index is 11.8. The number of hydrogen-bond donors (Lipinski definition) is 1. The summed E-state index contributed by atoms with van der Waals surface area (Å²) in [5.74, 6) is 1.24. The smallest absolute Gasteiger partial charge is 0.230 e. The molecule has 0 aliphatic heterocycles. The molecule has 0 aliphatic rings. The van der Waals surface area contributed by atoms with E-state index in [0.717, 1.165) is 16.2 Å². The molecule has 2 aromatic rings. The lowest BCUT2D eigenvalue weighted by Crippen LogP contribution is -2.24. The van der Waals surface area contributed by atoms with Crippen LogP contribution in [0.5, 0.6) is 5.75 Å². The summed E-state index contributed by atoms with van der Waals surface area (Å²) in [5.41, 5.74) is 1.05. The van der Waals surface area contributed by atoms with Gasteiger partial charge in [0.1, 0.15) is 5.75 Å². The van der Waals surface area contributed by atoms with Gasteiger partial charge in [0, 0.05) is 16.5 Å². The average molecular weight is 336 g/mol. The van der Waals surface area contributed by atoms with Crippen molar-refractivity contribution in [3.63, 3.8) is 0 Å². The van der Waals surface area contributed by atoms with Crippen LogP contribution in [0.3, 0.4) is 0 Å². The van der Waals surface area contributed by atoms with Gasteiger partial charge in [0.2, 0.25) is 5.91 Å². The molecule has 0 bridgehead atoms. The zero-order valence-electron chi connectivity index (χ0n) is 12.3. The first kappa shape index (κ1) is 16.7. The highest BCUT2D eigenvalue weighted by Crippen LogP contribution is 2.20. The third kappa shape index (κ3) is 5.62. The van der Waals surface area contributed by atoms with E-state index in [4.69, 9.17) is 16.3 Å². The molecule has 0 aromatic heterocycles. The molecule has 2 rings (SSSR count). The van der Waals surface area contributed by atoms with Crippen LogP contribution in [-0.2, 0) is 11.3 Å². The summed E-state index contributed by atoms with van der Waals surface area (Å²) < 4.78 is 5.38. The van der Waals surface area contributed by atoms with E-state index in [2.05, 4.69) is 5.32 Å². The maximum absolute atomic E-state index is 11.8. The molecule has 0 heterocycles. The van der Waals surface area contributed by atoms with E-state index in [1.54, 1.807) is 0 Å². The summed E-state index contributed by atoms with van der Waals surface area (Å²) in [7, 11) is 0. The number of thioether (sulfide) groups is 1. The number of halogens is 1. The van der Waals surface area contributed by atoms with Gasteiger partial charge in [-0.1, -0.05) is 23.7 Å². The van der Waals surface area contributed by atoms with Crippen molar-refractivity contribution in [1.82, 2.24) is 5.32 Å². The number of hydrogen-bond acceptors (Lipinski definition) is 3. The monoisotopic (exact) mass is 335 g/mol. The Morgan fingerprint density at radius 2 is 1.82 bits per heavy atom. The molecular formula is C17H18ClNO2S. The molecule has 2 aromatic carbocycles. The van der Waals surface area contributed by atoms with E-state index < -0.39 is 0 Å². The van der Waals surface area contributed by atoms with E-state index in [1.807, 2.05) is 55.5 Å². The lowest BCUT2D eigenvalue weighted by Gasteiger charge is -2.07. The second kappa shape index (κ2) is 8.71. The van der Waals surface area contributed by atoms with Crippen molar-refractivity contribution in [1.29, 1.82) is 0 Å².